The summed E-state index contributed by atoms with van der Waals surface area (Å²) in [5.74, 6) is 0.135. The predicted octanol–water partition coefficient (Wildman–Crippen LogP) is 3.96. The monoisotopic (exact) mass is 292 g/mol. The van der Waals surface area contributed by atoms with Crippen molar-refractivity contribution in [1.82, 2.24) is 4.37 Å². The molecule has 0 spiro atoms. The first-order valence-electron chi connectivity index (χ1n) is 6.49. The van der Waals surface area contributed by atoms with Gasteiger partial charge in [0.2, 0.25) is 5.91 Å². The first-order valence-corrected chi connectivity index (χ1v) is 8.15. The Labute approximate surface area is 120 Å². The van der Waals surface area contributed by atoms with Crippen molar-refractivity contribution in [3.8, 4) is 0 Å². The van der Waals surface area contributed by atoms with Gasteiger partial charge < -0.3 is 5.32 Å². The minimum Gasteiger partial charge on any atom is -0.316 e. The van der Waals surface area contributed by atoms with Gasteiger partial charge in [0, 0.05) is 4.88 Å². The molecule has 1 aliphatic rings. The number of aryl methyl sites for hydroxylation is 1. The number of carbonyl (C=O) groups excluding carboxylic acids is 1. The molecule has 0 aliphatic heterocycles. The molecule has 100 valence electrons. The smallest absolute Gasteiger partial charge is 0.236 e. The fourth-order valence-electron chi connectivity index (χ4n) is 2.77. The number of thiophene rings is 1. The fraction of sp³-hybridized carbons (Fsp3) is 0.429. The van der Waals surface area contributed by atoms with Gasteiger partial charge in [-0.15, -0.1) is 11.3 Å². The van der Waals surface area contributed by atoms with E-state index in [1.807, 2.05) is 19.1 Å². The second-order valence-electron chi connectivity index (χ2n) is 5.05. The van der Waals surface area contributed by atoms with Crippen LogP contribution in [0.1, 0.15) is 36.3 Å². The minimum atomic E-state index is -0.313. The van der Waals surface area contributed by atoms with E-state index in [4.69, 9.17) is 0 Å². The number of hydrogen-bond acceptors (Lipinski definition) is 4. The van der Waals surface area contributed by atoms with Gasteiger partial charge in [-0.25, -0.2) is 0 Å². The van der Waals surface area contributed by atoms with E-state index in [0.29, 0.717) is 0 Å². The highest BCUT2D eigenvalue weighted by molar-refractivity contribution is 7.10. The summed E-state index contributed by atoms with van der Waals surface area (Å²) in [7, 11) is 0. The summed E-state index contributed by atoms with van der Waals surface area (Å²) in [5.41, 5.74) is 0.642. The molecule has 1 aliphatic carbocycles. The Morgan fingerprint density at radius 1 is 1.42 bits per heavy atom. The third kappa shape index (κ3) is 2.32. The maximum atomic E-state index is 12.7. The predicted molar refractivity (Wildman–Crippen MR) is 79.9 cm³/mol. The maximum Gasteiger partial charge on any atom is 0.236 e. The number of rotatable bonds is 3. The van der Waals surface area contributed by atoms with Gasteiger partial charge in [0.05, 0.1) is 11.1 Å². The van der Waals surface area contributed by atoms with Crippen LogP contribution >= 0.6 is 22.9 Å². The van der Waals surface area contributed by atoms with Gasteiger partial charge in [-0.2, -0.15) is 4.37 Å². The lowest BCUT2D eigenvalue weighted by atomic mass is 9.83. The first kappa shape index (κ1) is 12.8. The highest BCUT2D eigenvalue weighted by atomic mass is 32.1. The molecule has 2 aromatic rings. The molecule has 0 radical (unpaired) electrons. The van der Waals surface area contributed by atoms with Crippen LogP contribution < -0.4 is 5.32 Å². The largest absolute Gasteiger partial charge is 0.316 e. The first-order chi connectivity index (χ1) is 9.21. The van der Waals surface area contributed by atoms with Crippen molar-refractivity contribution in [2.45, 2.75) is 38.0 Å². The van der Waals surface area contributed by atoms with Crippen molar-refractivity contribution in [3.63, 3.8) is 0 Å². The van der Waals surface area contributed by atoms with E-state index < -0.39 is 0 Å². The topological polar surface area (TPSA) is 42.0 Å². The van der Waals surface area contributed by atoms with E-state index in [0.717, 1.165) is 36.4 Å². The Morgan fingerprint density at radius 3 is 2.79 bits per heavy atom. The molecule has 19 heavy (non-hydrogen) atoms. The van der Waals surface area contributed by atoms with E-state index in [1.54, 1.807) is 11.3 Å². The number of aromatic nitrogens is 1. The number of anilines is 1. The number of nitrogens with zero attached hydrogens (tertiary/aromatic N) is 1. The van der Waals surface area contributed by atoms with Gasteiger partial charge in [0.25, 0.3) is 0 Å². The van der Waals surface area contributed by atoms with Crippen LogP contribution in [-0.4, -0.2) is 10.3 Å². The lowest BCUT2D eigenvalue weighted by Crippen LogP contribution is -2.37. The fourth-order valence-corrected chi connectivity index (χ4v) is 4.41. The molecule has 1 N–H and O–H groups in total. The number of nitrogens with one attached hydrogen (secondary N) is 1. The van der Waals surface area contributed by atoms with Crippen molar-refractivity contribution in [1.29, 1.82) is 0 Å². The van der Waals surface area contributed by atoms with Crippen molar-refractivity contribution in [3.05, 3.63) is 34.2 Å². The van der Waals surface area contributed by atoms with Crippen molar-refractivity contribution < 1.29 is 4.79 Å². The Balaban J connectivity index is 1.86. The van der Waals surface area contributed by atoms with Gasteiger partial charge in [0.15, 0.2) is 0 Å². The highest BCUT2D eigenvalue weighted by Crippen LogP contribution is 2.44. The van der Waals surface area contributed by atoms with Crippen LogP contribution in [0.3, 0.4) is 0 Å². The summed E-state index contributed by atoms with van der Waals surface area (Å²) in [6.07, 6.45) is 4.17. The van der Waals surface area contributed by atoms with Crippen LogP contribution in [0.5, 0.6) is 0 Å². The summed E-state index contributed by atoms with van der Waals surface area (Å²) in [6.45, 7) is 1.94. The van der Waals surface area contributed by atoms with Crippen LogP contribution in [0.2, 0.25) is 0 Å². The maximum absolute atomic E-state index is 12.7. The summed E-state index contributed by atoms with van der Waals surface area (Å²) in [4.78, 5) is 13.9. The zero-order valence-electron chi connectivity index (χ0n) is 10.8. The number of hydrogen-bond donors (Lipinski definition) is 1. The van der Waals surface area contributed by atoms with Crippen LogP contribution in [0.15, 0.2) is 23.6 Å². The van der Waals surface area contributed by atoms with Crippen LogP contribution in [0, 0.1) is 6.92 Å². The minimum absolute atomic E-state index is 0.135. The van der Waals surface area contributed by atoms with Crippen molar-refractivity contribution in [2.24, 2.45) is 0 Å². The quantitative estimate of drug-likeness (QED) is 0.930. The molecular formula is C14H16N2OS2. The molecule has 2 heterocycles. The molecule has 1 fully saturated rings. The molecule has 1 amide bonds. The Morgan fingerprint density at radius 2 is 2.21 bits per heavy atom. The second kappa shape index (κ2) is 5.06. The molecule has 0 saturated heterocycles. The van der Waals surface area contributed by atoms with Crippen LogP contribution in [0.25, 0.3) is 0 Å². The molecule has 0 aromatic carbocycles. The Kier molecular flexibility index (Phi) is 3.41. The summed E-state index contributed by atoms with van der Waals surface area (Å²) >= 11 is 3.04. The average Bonchev–Trinajstić information content (AvgIpc) is 3.09. The van der Waals surface area contributed by atoms with Gasteiger partial charge in [-0.05, 0) is 48.8 Å². The molecule has 5 heteroatoms. The van der Waals surface area contributed by atoms with Crippen molar-refractivity contribution in [2.75, 3.05) is 5.32 Å². The van der Waals surface area contributed by atoms with Crippen molar-refractivity contribution >= 4 is 33.8 Å². The average molecular weight is 292 g/mol. The molecule has 1 saturated carbocycles. The number of amides is 1. The molecule has 0 atom stereocenters. The molecule has 2 aromatic heterocycles. The number of carbonyl (C=O) groups is 1. The Bertz CT molecular complexity index is 568. The van der Waals surface area contributed by atoms with Gasteiger partial charge >= 0.3 is 0 Å². The highest BCUT2D eigenvalue weighted by Gasteiger charge is 2.43. The normalized spacial score (nSPS) is 17.5. The zero-order chi connectivity index (χ0) is 13.3. The lowest BCUT2D eigenvalue weighted by molar-refractivity contribution is -0.121. The third-order valence-electron chi connectivity index (χ3n) is 3.75. The zero-order valence-corrected chi connectivity index (χ0v) is 12.4. The molecule has 3 rings (SSSR count). The second-order valence-corrected chi connectivity index (χ2v) is 6.81. The lowest BCUT2D eigenvalue weighted by Gasteiger charge is -2.26. The van der Waals surface area contributed by atoms with E-state index in [1.165, 1.54) is 16.4 Å². The van der Waals surface area contributed by atoms with Gasteiger partial charge in [0.1, 0.15) is 5.00 Å². The SMILES string of the molecule is Cc1cc(NC(=O)C2(c3cccs3)CCCC2)sn1. The van der Waals surface area contributed by atoms with E-state index in [9.17, 15) is 4.79 Å². The third-order valence-corrected chi connectivity index (χ3v) is 5.62. The summed E-state index contributed by atoms with van der Waals surface area (Å²) < 4.78 is 4.21. The van der Waals surface area contributed by atoms with Gasteiger partial charge in [-0.3, -0.25) is 4.79 Å². The van der Waals surface area contributed by atoms with Gasteiger partial charge in [-0.1, -0.05) is 18.9 Å². The van der Waals surface area contributed by atoms with E-state index in [2.05, 4.69) is 21.1 Å². The van der Waals surface area contributed by atoms with Crippen LogP contribution in [-0.2, 0) is 10.2 Å². The summed E-state index contributed by atoms with van der Waals surface area (Å²) in [6, 6.07) is 6.05. The summed E-state index contributed by atoms with van der Waals surface area (Å²) in [5, 5.41) is 5.96. The molecule has 3 nitrogen and oxygen atoms in total. The Hall–Kier alpha value is -1.20. The van der Waals surface area contributed by atoms with Crippen LogP contribution in [0.4, 0.5) is 5.00 Å². The molecule has 0 bridgehead atoms. The van der Waals surface area contributed by atoms with E-state index in [-0.39, 0.29) is 11.3 Å². The molecular weight excluding hydrogens is 276 g/mol. The van der Waals surface area contributed by atoms with E-state index >= 15 is 0 Å². The molecule has 0 unspecified atom stereocenters. The standard InChI is InChI=1S/C14H16N2OS2/c1-10-9-12(19-16-10)15-13(17)14(6-2-3-7-14)11-5-4-8-18-11/h4-5,8-9H,2-3,6-7H2,1H3,(H,15,17).